The van der Waals surface area contributed by atoms with Crippen molar-refractivity contribution >= 4 is 11.6 Å². The van der Waals surface area contributed by atoms with E-state index in [4.69, 9.17) is 4.74 Å². The van der Waals surface area contributed by atoms with Crippen LogP contribution in [0.5, 0.6) is 0 Å². The third kappa shape index (κ3) is 3.09. The number of hydrogen-bond donors (Lipinski definition) is 1. The van der Waals surface area contributed by atoms with E-state index >= 15 is 0 Å². The van der Waals surface area contributed by atoms with Crippen molar-refractivity contribution in [3.63, 3.8) is 0 Å². The minimum atomic E-state index is 0.0908. The Morgan fingerprint density at radius 3 is 2.96 bits per heavy atom. The maximum atomic E-state index is 5.56. The quantitative estimate of drug-likeness (QED) is 0.766. The van der Waals surface area contributed by atoms with E-state index < -0.39 is 0 Å². The molecule has 8 nitrogen and oxygen atoms in total. The predicted molar refractivity (Wildman–Crippen MR) is 93.3 cm³/mol. The molecule has 0 aliphatic carbocycles. The first kappa shape index (κ1) is 16.0. The van der Waals surface area contributed by atoms with Gasteiger partial charge < -0.3 is 14.6 Å². The number of ether oxygens (including phenoxy) is 1. The van der Waals surface area contributed by atoms with E-state index in [-0.39, 0.29) is 6.04 Å². The molecule has 0 unspecified atom stereocenters. The Morgan fingerprint density at radius 1 is 1.32 bits per heavy atom. The lowest BCUT2D eigenvalue weighted by atomic mass is 9.91. The Morgan fingerprint density at radius 2 is 2.16 bits per heavy atom. The van der Waals surface area contributed by atoms with Crippen LogP contribution >= 0.6 is 0 Å². The standard InChI is InChI=1S/C17H23N7O/c1-3-23-7-6-18-16(23)15(13-4-8-25-9-5-13)22-14-10-12(2)21-17-19-11-20-24(14)17/h6-7,10-11,13,15,22H,3-5,8-9H2,1-2H3/t15-/m1/s1. The minimum absolute atomic E-state index is 0.0908. The van der Waals surface area contributed by atoms with Crippen LogP contribution in [0.4, 0.5) is 5.82 Å². The normalized spacial score (nSPS) is 17.0. The Hall–Kier alpha value is -2.48. The van der Waals surface area contributed by atoms with E-state index in [0.717, 1.165) is 49.9 Å². The molecule has 3 aromatic heterocycles. The van der Waals surface area contributed by atoms with Crippen LogP contribution in [0, 0.1) is 12.8 Å². The lowest BCUT2D eigenvalue weighted by Gasteiger charge is -2.31. The van der Waals surface area contributed by atoms with Gasteiger partial charge in [-0.05, 0) is 32.6 Å². The van der Waals surface area contributed by atoms with Gasteiger partial charge in [-0.15, -0.1) is 0 Å². The molecule has 1 aliphatic heterocycles. The molecule has 132 valence electrons. The van der Waals surface area contributed by atoms with E-state index in [2.05, 4.69) is 36.9 Å². The molecular weight excluding hydrogens is 318 g/mol. The number of rotatable bonds is 5. The van der Waals surface area contributed by atoms with E-state index in [9.17, 15) is 0 Å². The fourth-order valence-corrected chi connectivity index (χ4v) is 3.50. The highest BCUT2D eigenvalue weighted by molar-refractivity contribution is 5.46. The first-order chi connectivity index (χ1) is 12.3. The highest BCUT2D eigenvalue weighted by atomic mass is 16.5. The maximum Gasteiger partial charge on any atom is 0.254 e. The maximum absolute atomic E-state index is 5.56. The summed E-state index contributed by atoms with van der Waals surface area (Å²) in [5, 5.41) is 7.99. The van der Waals surface area contributed by atoms with Crippen molar-refractivity contribution in [2.24, 2.45) is 5.92 Å². The van der Waals surface area contributed by atoms with Crippen molar-refractivity contribution in [2.75, 3.05) is 18.5 Å². The molecule has 25 heavy (non-hydrogen) atoms. The number of hydrogen-bond acceptors (Lipinski definition) is 6. The highest BCUT2D eigenvalue weighted by Gasteiger charge is 2.29. The van der Waals surface area contributed by atoms with Gasteiger partial charge in [-0.3, -0.25) is 0 Å². The van der Waals surface area contributed by atoms with Gasteiger partial charge >= 0.3 is 0 Å². The van der Waals surface area contributed by atoms with Crippen molar-refractivity contribution in [1.29, 1.82) is 0 Å². The summed E-state index contributed by atoms with van der Waals surface area (Å²) >= 11 is 0. The molecule has 3 aromatic rings. The Bertz CT molecular complexity index is 850. The van der Waals surface area contributed by atoms with Gasteiger partial charge in [0, 0.05) is 43.9 Å². The molecule has 8 heteroatoms. The summed E-state index contributed by atoms with van der Waals surface area (Å²) in [6, 6.07) is 2.10. The Balaban J connectivity index is 1.73. The largest absolute Gasteiger partial charge is 0.381 e. The molecule has 1 N–H and O–H groups in total. The summed E-state index contributed by atoms with van der Waals surface area (Å²) in [5.41, 5.74) is 0.910. The minimum Gasteiger partial charge on any atom is -0.381 e. The molecule has 1 saturated heterocycles. The van der Waals surface area contributed by atoms with Gasteiger partial charge in [0.1, 0.15) is 18.0 Å². The molecule has 4 rings (SSSR count). The zero-order chi connectivity index (χ0) is 17.2. The summed E-state index contributed by atoms with van der Waals surface area (Å²) in [6.07, 6.45) is 7.46. The van der Waals surface area contributed by atoms with E-state index in [0.29, 0.717) is 11.7 Å². The molecule has 1 aliphatic rings. The van der Waals surface area contributed by atoms with Gasteiger partial charge in [0.25, 0.3) is 5.78 Å². The number of aryl methyl sites for hydroxylation is 2. The van der Waals surface area contributed by atoms with Crippen LogP contribution in [-0.2, 0) is 11.3 Å². The number of imidazole rings is 1. The molecule has 0 bridgehead atoms. The Labute approximate surface area is 146 Å². The molecule has 0 saturated carbocycles. The monoisotopic (exact) mass is 341 g/mol. The van der Waals surface area contributed by atoms with Crippen LogP contribution in [-0.4, -0.2) is 42.3 Å². The van der Waals surface area contributed by atoms with Gasteiger partial charge in [-0.1, -0.05) is 0 Å². The first-order valence-corrected chi connectivity index (χ1v) is 8.79. The zero-order valence-corrected chi connectivity index (χ0v) is 14.6. The number of nitrogens with zero attached hydrogens (tertiary/aromatic N) is 6. The van der Waals surface area contributed by atoms with E-state index in [1.54, 1.807) is 4.52 Å². The third-order valence-electron chi connectivity index (χ3n) is 4.79. The van der Waals surface area contributed by atoms with Gasteiger partial charge in [0.15, 0.2) is 0 Å². The number of aromatic nitrogens is 6. The second-order valence-electron chi connectivity index (χ2n) is 6.40. The van der Waals surface area contributed by atoms with Crippen LogP contribution in [0.15, 0.2) is 24.8 Å². The molecule has 4 heterocycles. The Kier molecular flexibility index (Phi) is 4.35. The molecule has 0 spiro atoms. The molecule has 0 aromatic carbocycles. The average Bonchev–Trinajstić information content (AvgIpc) is 3.29. The summed E-state index contributed by atoms with van der Waals surface area (Å²) in [6.45, 7) is 6.59. The molecule has 1 fully saturated rings. The van der Waals surface area contributed by atoms with Crippen LogP contribution in [0.25, 0.3) is 5.78 Å². The highest BCUT2D eigenvalue weighted by Crippen LogP contribution is 2.32. The van der Waals surface area contributed by atoms with Crippen LogP contribution in [0.3, 0.4) is 0 Å². The molecule has 1 atom stereocenters. The van der Waals surface area contributed by atoms with Crippen molar-refractivity contribution in [1.82, 2.24) is 29.1 Å². The topological polar surface area (TPSA) is 82.2 Å². The smallest absolute Gasteiger partial charge is 0.254 e. The number of nitrogens with one attached hydrogen (secondary N) is 1. The van der Waals surface area contributed by atoms with Crippen molar-refractivity contribution < 1.29 is 4.74 Å². The van der Waals surface area contributed by atoms with Crippen molar-refractivity contribution in [3.05, 3.63) is 36.3 Å². The second-order valence-corrected chi connectivity index (χ2v) is 6.40. The summed E-state index contributed by atoms with van der Waals surface area (Å²) in [7, 11) is 0. The third-order valence-corrected chi connectivity index (χ3v) is 4.79. The fraction of sp³-hybridized carbons (Fsp3) is 0.529. The second kappa shape index (κ2) is 6.79. The number of anilines is 1. The van der Waals surface area contributed by atoms with Crippen molar-refractivity contribution in [2.45, 2.75) is 39.3 Å². The van der Waals surface area contributed by atoms with Gasteiger partial charge in [0.2, 0.25) is 0 Å². The van der Waals surface area contributed by atoms with Crippen molar-refractivity contribution in [3.8, 4) is 0 Å². The van der Waals surface area contributed by atoms with E-state index in [1.165, 1.54) is 6.33 Å². The van der Waals surface area contributed by atoms with Crippen LogP contribution in [0.2, 0.25) is 0 Å². The van der Waals surface area contributed by atoms with Crippen LogP contribution in [0.1, 0.15) is 37.3 Å². The molecule has 0 amide bonds. The van der Waals surface area contributed by atoms with Gasteiger partial charge in [0.05, 0.1) is 6.04 Å². The average molecular weight is 341 g/mol. The van der Waals surface area contributed by atoms with Gasteiger partial charge in [-0.2, -0.15) is 14.6 Å². The lowest BCUT2D eigenvalue weighted by molar-refractivity contribution is 0.0593. The molecular formula is C17H23N7O. The first-order valence-electron chi connectivity index (χ1n) is 8.79. The zero-order valence-electron chi connectivity index (χ0n) is 14.6. The molecule has 0 radical (unpaired) electrons. The number of fused-ring (bicyclic) bond motifs is 1. The lowest BCUT2D eigenvalue weighted by Crippen LogP contribution is -2.30. The summed E-state index contributed by atoms with van der Waals surface area (Å²) < 4.78 is 9.50. The predicted octanol–water partition coefficient (Wildman–Crippen LogP) is 2.23. The fourth-order valence-electron chi connectivity index (χ4n) is 3.50. The SMILES string of the molecule is CCn1ccnc1[C@H](Nc1cc(C)nc2ncnn12)C1CCOCC1. The van der Waals surface area contributed by atoms with Gasteiger partial charge in [-0.25, -0.2) is 9.97 Å². The van der Waals surface area contributed by atoms with E-state index in [1.807, 2.05) is 25.4 Å². The summed E-state index contributed by atoms with van der Waals surface area (Å²) in [4.78, 5) is 13.3. The summed E-state index contributed by atoms with van der Waals surface area (Å²) in [5.74, 6) is 3.00. The van der Waals surface area contributed by atoms with Crippen LogP contribution < -0.4 is 5.32 Å².